The molecule has 1 heterocycles. The van der Waals surface area contributed by atoms with E-state index in [0.717, 1.165) is 19.4 Å². The molecule has 0 spiro atoms. The number of hydrogen-bond acceptors (Lipinski definition) is 2. The molecule has 104 valence electrons. The lowest BCUT2D eigenvalue weighted by Gasteiger charge is -2.38. The second-order valence-electron chi connectivity index (χ2n) is 5.27. The number of benzene rings is 1. The Kier molecular flexibility index (Phi) is 4.08. The first-order valence-corrected chi connectivity index (χ1v) is 6.83. The van der Waals surface area contributed by atoms with Gasteiger partial charge in [0.2, 0.25) is 0 Å². The fourth-order valence-electron chi connectivity index (χ4n) is 2.73. The number of halogens is 1. The van der Waals surface area contributed by atoms with E-state index in [0.29, 0.717) is 11.5 Å². The molecular formula is C15H21FN2O. The van der Waals surface area contributed by atoms with E-state index < -0.39 is 0 Å². The molecule has 1 saturated heterocycles. The maximum atomic E-state index is 13.7. The van der Waals surface area contributed by atoms with Crippen molar-refractivity contribution in [2.45, 2.75) is 32.7 Å². The van der Waals surface area contributed by atoms with Crippen molar-refractivity contribution in [2.75, 3.05) is 18.9 Å². The fraction of sp³-hybridized carbons (Fsp3) is 0.533. The summed E-state index contributed by atoms with van der Waals surface area (Å²) in [5.74, 6) is 0.0262. The molecule has 1 aromatic carbocycles. The number of carbonyl (C=O) groups is 1. The number of hydrogen-bond donors (Lipinski definition) is 1. The van der Waals surface area contributed by atoms with Gasteiger partial charge in [-0.3, -0.25) is 4.79 Å². The summed E-state index contributed by atoms with van der Waals surface area (Å²) in [6, 6.07) is 4.84. The zero-order valence-electron chi connectivity index (χ0n) is 11.7. The minimum Gasteiger partial charge on any atom is -0.385 e. The van der Waals surface area contributed by atoms with E-state index in [2.05, 4.69) is 19.2 Å². The lowest BCUT2D eigenvalue weighted by Crippen LogP contribution is -2.46. The summed E-state index contributed by atoms with van der Waals surface area (Å²) >= 11 is 0. The lowest BCUT2D eigenvalue weighted by atomic mass is 9.91. The van der Waals surface area contributed by atoms with Crippen molar-refractivity contribution < 1.29 is 9.18 Å². The van der Waals surface area contributed by atoms with E-state index in [1.165, 1.54) is 6.07 Å². The van der Waals surface area contributed by atoms with Crippen LogP contribution in [0.2, 0.25) is 0 Å². The molecule has 1 aliphatic rings. The third-order valence-corrected chi connectivity index (χ3v) is 4.13. The average Bonchev–Trinajstić information content (AvgIpc) is 2.41. The molecule has 1 N–H and O–H groups in total. The Hall–Kier alpha value is -1.58. The molecule has 1 aliphatic heterocycles. The van der Waals surface area contributed by atoms with Crippen molar-refractivity contribution in [1.82, 2.24) is 4.90 Å². The minimum atomic E-state index is -0.383. The second kappa shape index (κ2) is 5.59. The highest BCUT2D eigenvalue weighted by Crippen LogP contribution is 2.27. The van der Waals surface area contributed by atoms with Crippen LogP contribution in [0.15, 0.2) is 18.2 Å². The van der Waals surface area contributed by atoms with E-state index in [1.54, 1.807) is 19.2 Å². The molecule has 2 atom stereocenters. The number of piperidine rings is 1. The van der Waals surface area contributed by atoms with Crippen LogP contribution in [0.3, 0.4) is 0 Å². The number of likely N-dealkylation sites (tertiary alicyclic amines) is 1. The Morgan fingerprint density at radius 3 is 2.84 bits per heavy atom. The summed E-state index contributed by atoms with van der Waals surface area (Å²) in [5, 5.41) is 2.79. The molecule has 2 rings (SSSR count). The van der Waals surface area contributed by atoms with Gasteiger partial charge >= 0.3 is 0 Å². The summed E-state index contributed by atoms with van der Waals surface area (Å²) < 4.78 is 13.7. The molecule has 0 bridgehead atoms. The summed E-state index contributed by atoms with van der Waals surface area (Å²) in [6.45, 7) is 4.98. The summed E-state index contributed by atoms with van der Waals surface area (Å²) in [7, 11) is 1.64. The molecule has 0 radical (unpaired) electrons. The first kappa shape index (κ1) is 13.8. The predicted molar refractivity (Wildman–Crippen MR) is 74.8 cm³/mol. The number of amides is 1. The number of nitrogens with zero attached hydrogens (tertiary/aromatic N) is 1. The van der Waals surface area contributed by atoms with E-state index in [4.69, 9.17) is 0 Å². The Balaban J connectivity index is 2.31. The minimum absolute atomic E-state index is 0.0806. The van der Waals surface area contributed by atoms with Gasteiger partial charge < -0.3 is 10.2 Å². The monoisotopic (exact) mass is 264 g/mol. The Labute approximate surface area is 113 Å². The van der Waals surface area contributed by atoms with Crippen LogP contribution >= 0.6 is 0 Å². The first-order valence-electron chi connectivity index (χ1n) is 6.83. The molecule has 19 heavy (non-hydrogen) atoms. The average molecular weight is 264 g/mol. The number of nitrogens with one attached hydrogen (secondary N) is 1. The molecule has 4 heteroatoms. The molecule has 0 aromatic heterocycles. The van der Waals surface area contributed by atoms with Crippen molar-refractivity contribution in [3.8, 4) is 0 Å². The molecule has 1 fully saturated rings. The van der Waals surface area contributed by atoms with E-state index in [-0.39, 0.29) is 23.5 Å². The standard InChI is InChI=1S/C15H21FN2O/c1-10-6-5-9-18(11(10)2)15(19)12-7-4-8-13(16)14(12)17-3/h4,7-8,10-11,17H,5-6,9H2,1-3H3. The Morgan fingerprint density at radius 1 is 1.42 bits per heavy atom. The van der Waals surface area contributed by atoms with Crippen LogP contribution in [-0.2, 0) is 0 Å². The number of para-hydroxylation sites is 1. The van der Waals surface area contributed by atoms with Crippen molar-refractivity contribution in [1.29, 1.82) is 0 Å². The highest BCUT2D eigenvalue weighted by Gasteiger charge is 2.30. The third-order valence-electron chi connectivity index (χ3n) is 4.13. The third kappa shape index (κ3) is 2.57. The van der Waals surface area contributed by atoms with Crippen LogP contribution in [0.25, 0.3) is 0 Å². The normalized spacial score (nSPS) is 23.3. The van der Waals surface area contributed by atoms with Crippen LogP contribution in [0.4, 0.5) is 10.1 Å². The van der Waals surface area contributed by atoms with E-state index >= 15 is 0 Å². The van der Waals surface area contributed by atoms with Crippen LogP contribution in [0.1, 0.15) is 37.0 Å². The van der Waals surface area contributed by atoms with Crippen molar-refractivity contribution >= 4 is 11.6 Å². The SMILES string of the molecule is CNc1c(F)cccc1C(=O)N1CCCC(C)C1C. The van der Waals surface area contributed by atoms with Gasteiger partial charge in [-0.1, -0.05) is 13.0 Å². The first-order chi connectivity index (χ1) is 9.06. The molecule has 1 aromatic rings. The van der Waals surface area contributed by atoms with Gasteiger partial charge in [-0.25, -0.2) is 4.39 Å². The Morgan fingerprint density at radius 2 is 2.16 bits per heavy atom. The largest absolute Gasteiger partial charge is 0.385 e. The van der Waals surface area contributed by atoms with Crippen molar-refractivity contribution in [2.24, 2.45) is 5.92 Å². The maximum absolute atomic E-state index is 13.7. The summed E-state index contributed by atoms with van der Waals surface area (Å²) in [5.41, 5.74) is 0.710. The number of anilines is 1. The van der Waals surface area contributed by atoms with Crippen LogP contribution in [0, 0.1) is 11.7 Å². The van der Waals surface area contributed by atoms with Gasteiger partial charge in [0.25, 0.3) is 5.91 Å². The molecule has 2 unspecified atom stereocenters. The molecule has 1 amide bonds. The van der Waals surface area contributed by atoms with Crippen LogP contribution in [-0.4, -0.2) is 30.4 Å². The number of rotatable bonds is 2. The summed E-state index contributed by atoms with van der Waals surface area (Å²) in [4.78, 5) is 14.5. The molecule has 0 saturated carbocycles. The quantitative estimate of drug-likeness (QED) is 0.890. The fourth-order valence-corrected chi connectivity index (χ4v) is 2.73. The van der Waals surface area contributed by atoms with Gasteiger partial charge in [-0.2, -0.15) is 0 Å². The Bertz CT molecular complexity index is 475. The molecule has 0 aliphatic carbocycles. The predicted octanol–water partition coefficient (Wildman–Crippen LogP) is 3.13. The van der Waals surface area contributed by atoms with Gasteiger partial charge in [0.15, 0.2) is 0 Å². The van der Waals surface area contributed by atoms with E-state index in [9.17, 15) is 9.18 Å². The summed E-state index contributed by atoms with van der Waals surface area (Å²) in [6.07, 6.45) is 2.16. The number of carbonyl (C=O) groups excluding carboxylic acids is 1. The van der Waals surface area contributed by atoms with Gasteiger partial charge in [0.1, 0.15) is 5.82 Å². The van der Waals surface area contributed by atoms with Crippen LogP contribution in [0.5, 0.6) is 0 Å². The lowest BCUT2D eigenvalue weighted by molar-refractivity contribution is 0.0551. The zero-order chi connectivity index (χ0) is 14.0. The van der Waals surface area contributed by atoms with Gasteiger partial charge in [-0.15, -0.1) is 0 Å². The topological polar surface area (TPSA) is 32.3 Å². The zero-order valence-corrected chi connectivity index (χ0v) is 11.7. The molecular weight excluding hydrogens is 243 g/mol. The van der Waals surface area contributed by atoms with Crippen LogP contribution < -0.4 is 5.32 Å². The highest BCUT2D eigenvalue weighted by atomic mass is 19.1. The van der Waals surface area contributed by atoms with E-state index in [1.807, 2.05) is 4.90 Å². The second-order valence-corrected chi connectivity index (χ2v) is 5.27. The maximum Gasteiger partial charge on any atom is 0.256 e. The van der Waals surface area contributed by atoms with Crippen molar-refractivity contribution in [3.63, 3.8) is 0 Å². The highest BCUT2D eigenvalue weighted by molar-refractivity contribution is 6.00. The smallest absolute Gasteiger partial charge is 0.256 e. The van der Waals surface area contributed by atoms with Crippen molar-refractivity contribution in [3.05, 3.63) is 29.6 Å². The van der Waals surface area contributed by atoms with Gasteiger partial charge in [0.05, 0.1) is 11.3 Å². The van der Waals surface area contributed by atoms with Gasteiger partial charge in [0, 0.05) is 19.6 Å². The molecule has 3 nitrogen and oxygen atoms in total. The van der Waals surface area contributed by atoms with Gasteiger partial charge in [-0.05, 0) is 37.8 Å².